The summed E-state index contributed by atoms with van der Waals surface area (Å²) in [4.78, 5) is -0.366. The van der Waals surface area contributed by atoms with Gasteiger partial charge in [-0.2, -0.15) is 13.2 Å². The van der Waals surface area contributed by atoms with Crippen molar-refractivity contribution in [3.8, 4) is 0 Å². The molecular weight excluding hydrogens is 315 g/mol. The minimum Gasteiger partial charge on any atom is -0.211 e. The first-order valence-electron chi connectivity index (χ1n) is 5.86. The fourth-order valence-corrected chi connectivity index (χ4v) is 3.10. The Labute approximate surface area is 121 Å². The van der Waals surface area contributed by atoms with Crippen LogP contribution in [0.3, 0.4) is 0 Å². The molecule has 0 aliphatic carbocycles. The van der Waals surface area contributed by atoms with E-state index in [0.717, 1.165) is 25.1 Å². The van der Waals surface area contributed by atoms with Crippen molar-refractivity contribution < 1.29 is 21.6 Å². The first-order valence-corrected chi connectivity index (χ1v) is 7.78. The van der Waals surface area contributed by atoms with Crippen molar-refractivity contribution in [2.75, 3.05) is 6.54 Å². The summed E-state index contributed by atoms with van der Waals surface area (Å²) in [7, 11) is -3.98. The summed E-state index contributed by atoms with van der Waals surface area (Å²) in [5.41, 5.74) is -1.27. The average molecular weight is 330 g/mol. The first kappa shape index (κ1) is 17.3. The number of rotatable bonds is 5. The third-order valence-electron chi connectivity index (χ3n) is 2.71. The minimum absolute atomic E-state index is 0.0721. The van der Waals surface area contributed by atoms with Gasteiger partial charge >= 0.3 is 6.18 Å². The van der Waals surface area contributed by atoms with Gasteiger partial charge in [-0.15, -0.1) is 11.6 Å². The number of nitrogens with one attached hydrogen (secondary N) is 1. The molecule has 20 heavy (non-hydrogen) atoms. The van der Waals surface area contributed by atoms with Crippen LogP contribution < -0.4 is 4.72 Å². The van der Waals surface area contributed by atoms with Crippen LogP contribution in [-0.2, 0) is 16.2 Å². The molecule has 0 bridgehead atoms. The SMILES string of the molecule is Cc1c(C(F)(F)F)cccc1S(=O)(=O)NCCC(C)Cl. The van der Waals surface area contributed by atoms with E-state index in [9.17, 15) is 21.6 Å². The van der Waals surface area contributed by atoms with Gasteiger partial charge in [0.05, 0.1) is 10.5 Å². The van der Waals surface area contributed by atoms with Gasteiger partial charge in [-0.1, -0.05) is 6.07 Å². The van der Waals surface area contributed by atoms with E-state index in [2.05, 4.69) is 4.72 Å². The van der Waals surface area contributed by atoms with Gasteiger partial charge in [0, 0.05) is 11.9 Å². The van der Waals surface area contributed by atoms with Crippen LogP contribution in [0.25, 0.3) is 0 Å². The highest BCUT2D eigenvalue weighted by Gasteiger charge is 2.34. The topological polar surface area (TPSA) is 46.2 Å². The molecule has 1 unspecified atom stereocenters. The normalized spacial score (nSPS) is 14.3. The molecule has 114 valence electrons. The Morgan fingerprint density at radius 1 is 1.35 bits per heavy atom. The highest BCUT2D eigenvalue weighted by molar-refractivity contribution is 7.89. The van der Waals surface area contributed by atoms with Crippen molar-refractivity contribution in [3.05, 3.63) is 29.3 Å². The van der Waals surface area contributed by atoms with Gasteiger partial charge in [-0.25, -0.2) is 13.1 Å². The van der Waals surface area contributed by atoms with E-state index in [0.29, 0.717) is 6.42 Å². The number of hydrogen-bond donors (Lipinski definition) is 1. The van der Waals surface area contributed by atoms with Gasteiger partial charge in [0.25, 0.3) is 0 Å². The fraction of sp³-hybridized carbons (Fsp3) is 0.500. The highest BCUT2D eigenvalue weighted by Crippen LogP contribution is 2.34. The molecule has 0 saturated carbocycles. The molecule has 3 nitrogen and oxygen atoms in total. The average Bonchev–Trinajstić information content (AvgIpc) is 2.26. The number of halogens is 4. The highest BCUT2D eigenvalue weighted by atomic mass is 35.5. The van der Waals surface area contributed by atoms with E-state index in [1.165, 1.54) is 0 Å². The monoisotopic (exact) mass is 329 g/mol. The van der Waals surface area contributed by atoms with Gasteiger partial charge in [0.1, 0.15) is 0 Å². The van der Waals surface area contributed by atoms with Crippen molar-refractivity contribution in [2.45, 2.75) is 36.7 Å². The molecule has 0 heterocycles. The molecule has 1 atom stereocenters. The Bertz CT molecular complexity index is 571. The lowest BCUT2D eigenvalue weighted by molar-refractivity contribution is -0.138. The standard InChI is InChI=1S/C12H15ClF3NO2S/c1-8(13)6-7-17-20(18,19)11-5-3-4-10(9(11)2)12(14,15)16/h3-5,8,17H,6-7H2,1-2H3. The maximum absolute atomic E-state index is 12.7. The molecule has 0 radical (unpaired) electrons. The van der Waals surface area contributed by atoms with E-state index in [4.69, 9.17) is 11.6 Å². The molecule has 0 saturated heterocycles. The maximum atomic E-state index is 12.7. The Hall–Kier alpha value is -0.790. The molecule has 0 aliphatic rings. The Balaban J connectivity index is 3.08. The van der Waals surface area contributed by atoms with Crippen LogP contribution in [0.2, 0.25) is 0 Å². The first-order chi connectivity index (χ1) is 9.05. The van der Waals surface area contributed by atoms with E-state index < -0.39 is 21.8 Å². The van der Waals surface area contributed by atoms with Crippen molar-refractivity contribution in [1.82, 2.24) is 4.72 Å². The zero-order valence-electron chi connectivity index (χ0n) is 11.0. The Morgan fingerprint density at radius 2 is 1.95 bits per heavy atom. The van der Waals surface area contributed by atoms with Crippen molar-refractivity contribution in [1.29, 1.82) is 0 Å². The molecule has 0 fully saturated rings. The van der Waals surface area contributed by atoms with Gasteiger partial charge in [0.2, 0.25) is 10.0 Å². The second-order valence-corrected chi connectivity index (χ2v) is 6.87. The molecule has 1 aromatic carbocycles. The summed E-state index contributed by atoms with van der Waals surface area (Å²) in [5.74, 6) is 0. The number of benzene rings is 1. The van der Waals surface area contributed by atoms with Crippen LogP contribution in [-0.4, -0.2) is 20.3 Å². The van der Waals surface area contributed by atoms with Gasteiger partial charge in [0.15, 0.2) is 0 Å². The predicted octanol–water partition coefficient (Wildman–Crippen LogP) is 3.31. The van der Waals surface area contributed by atoms with Gasteiger partial charge < -0.3 is 0 Å². The summed E-state index contributed by atoms with van der Waals surface area (Å²) >= 11 is 5.69. The molecule has 0 aliphatic heterocycles. The van der Waals surface area contributed by atoms with Gasteiger partial charge in [-0.3, -0.25) is 0 Å². The summed E-state index contributed by atoms with van der Waals surface area (Å²) in [6.45, 7) is 2.91. The van der Waals surface area contributed by atoms with Crippen molar-refractivity contribution in [2.24, 2.45) is 0 Å². The van der Waals surface area contributed by atoms with Crippen LogP contribution >= 0.6 is 11.6 Å². The summed E-state index contributed by atoms with van der Waals surface area (Å²) in [6, 6.07) is 3.08. The van der Waals surface area contributed by atoms with E-state index in [1.54, 1.807) is 6.92 Å². The zero-order valence-corrected chi connectivity index (χ0v) is 12.5. The molecule has 0 aromatic heterocycles. The van der Waals surface area contributed by atoms with Crippen LogP contribution in [0.15, 0.2) is 23.1 Å². The van der Waals surface area contributed by atoms with E-state index in [1.807, 2.05) is 0 Å². The second kappa shape index (κ2) is 6.32. The fourth-order valence-electron chi connectivity index (χ4n) is 1.68. The lowest BCUT2D eigenvalue weighted by Crippen LogP contribution is -2.27. The minimum atomic E-state index is -4.58. The van der Waals surface area contributed by atoms with Crippen LogP contribution in [0.4, 0.5) is 13.2 Å². The number of alkyl halides is 4. The smallest absolute Gasteiger partial charge is 0.211 e. The molecule has 0 spiro atoms. The summed E-state index contributed by atoms with van der Waals surface area (Å²) < 4.78 is 64.5. The molecular formula is C12H15ClF3NO2S. The molecule has 0 amide bonds. The quantitative estimate of drug-likeness (QED) is 0.842. The lowest BCUT2D eigenvalue weighted by atomic mass is 10.1. The van der Waals surface area contributed by atoms with Crippen LogP contribution in [0, 0.1) is 6.92 Å². The van der Waals surface area contributed by atoms with Crippen molar-refractivity contribution in [3.63, 3.8) is 0 Å². The van der Waals surface area contributed by atoms with E-state index >= 15 is 0 Å². The zero-order chi connectivity index (χ0) is 15.6. The Morgan fingerprint density at radius 3 is 2.45 bits per heavy atom. The molecule has 8 heteroatoms. The predicted molar refractivity (Wildman–Crippen MR) is 71.3 cm³/mol. The molecule has 1 rings (SSSR count). The van der Waals surface area contributed by atoms with E-state index in [-0.39, 0.29) is 22.4 Å². The second-order valence-electron chi connectivity index (χ2n) is 4.39. The van der Waals surface area contributed by atoms with Crippen LogP contribution in [0.1, 0.15) is 24.5 Å². The van der Waals surface area contributed by atoms with Gasteiger partial charge in [-0.05, 0) is 38.0 Å². The molecule has 1 aromatic rings. The van der Waals surface area contributed by atoms with Crippen LogP contribution in [0.5, 0.6) is 0 Å². The third kappa shape index (κ3) is 4.36. The summed E-state index contributed by atoms with van der Waals surface area (Å²) in [6.07, 6.45) is -4.20. The summed E-state index contributed by atoms with van der Waals surface area (Å²) in [5, 5.41) is -0.222. The number of hydrogen-bond acceptors (Lipinski definition) is 2. The Kier molecular flexibility index (Phi) is 5.46. The largest absolute Gasteiger partial charge is 0.416 e. The number of sulfonamides is 1. The van der Waals surface area contributed by atoms with Crippen molar-refractivity contribution >= 4 is 21.6 Å². The third-order valence-corrected chi connectivity index (χ3v) is 4.54. The molecule has 1 N–H and O–H groups in total. The maximum Gasteiger partial charge on any atom is 0.416 e. The lowest BCUT2D eigenvalue weighted by Gasteiger charge is -2.14.